The van der Waals surface area contributed by atoms with Crippen LogP contribution in [0.3, 0.4) is 0 Å². The molecule has 0 saturated heterocycles. The highest BCUT2D eigenvalue weighted by Gasteiger charge is 2.20. The molecule has 0 aliphatic rings. The Morgan fingerprint density at radius 3 is 2.31 bits per heavy atom. The highest BCUT2D eigenvalue weighted by Crippen LogP contribution is 2.31. The zero-order valence-corrected chi connectivity index (χ0v) is 15.4. The van der Waals surface area contributed by atoms with Crippen LogP contribution in [-0.2, 0) is 4.79 Å². The molecule has 0 radical (unpaired) electrons. The number of amides is 1. The molecule has 2 atom stereocenters. The first-order valence-corrected chi connectivity index (χ1v) is 8.43. The first-order chi connectivity index (χ1) is 12.5. The molecule has 0 aromatic heterocycles. The molecule has 140 valence electrons. The average Bonchev–Trinajstić information content (AvgIpc) is 2.67. The lowest BCUT2D eigenvalue weighted by molar-refractivity contribution is -0.128. The van der Waals surface area contributed by atoms with Gasteiger partial charge in [-0.15, -0.1) is 0 Å². The number of hydrogen-bond acceptors (Lipinski definition) is 4. The summed E-state index contributed by atoms with van der Waals surface area (Å²) in [6.45, 7) is 3.63. The number of carbonyl (C=O) groups excluding carboxylic acids is 1. The van der Waals surface area contributed by atoms with Crippen molar-refractivity contribution in [2.75, 3.05) is 14.2 Å². The van der Waals surface area contributed by atoms with Crippen LogP contribution in [0.1, 0.15) is 31.9 Å². The van der Waals surface area contributed by atoms with Gasteiger partial charge in [-0.25, -0.2) is 4.39 Å². The van der Waals surface area contributed by atoms with Gasteiger partial charge in [0.25, 0.3) is 5.91 Å². The molecule has 2 aromatic rings. The van der Waals surface area contributed by atoms with E-state index in [9.17, 15) is 9.18 Å². The lowest BCUT2D eigenvalue weighted by Crippen LogP contribution is -2.38. The van der Waals surface area contributed by atoms with E-state index in [1.807, 2.05) is 19.1 Å². The van der Waals surface area contributed by atoms with Gasteiger partial charge in [0.1, 0.15) is 11.6 Å². The van der Waals surface area contributed by atoms with Crippen molar-refractivity contribution in [3.05, 3.63) is 53.8 Å². The molecule has 26 heavy (non-hydrogen) atoms. The number of benzene rings is 2. The third-order valence-corrected chi connectivity index (χ3v) is 4.03. The fourth-order valence-electron chi connectivity index (χ4n) is 2.55. The van der Waals surface area contributed by atoms with Crippen molar-refractivity contribution in [3.63, 3.8) is 0 Å². The van der Waals surface area contributed by atoms with E-state index in [4.69, 9.17) is 14.2 Å². The van der Waals surface area contributed by atoms with E-state index < -0.39 is 6.10 Å². The molecule has 0 unspecified atom stereocenters. The number of carbonyl (C=O) groups is 1. The summed E-state index contributed by atoms with van der Waals surface area (Å²) < 4.78 is 29.1. The zero-order chi connectivity index (χ0) is 19.1. The minimum absolute atomic E-state index is 0.193. The first kappa shape index (κ1) is 19.6. The van der Waals surface area contributed by atoms with Gasteiger partial charge in [0.15, 0.2) is 17.6 Å². The third-order valence-electron chi connectivity index (χ3n) is 4.03. The number of halogens is 1. The Morgan fingerprint density at radius 1 is 1.08 bits per heavy atom. The maximum atomic E-state index is 13.0. The Bertz CT molecular complexity index is 733. The number of methoxy groups -OCH3 is 2. The van der Waals surface area contributed by atoms with Crippen LogP contribution in [0.4, 0.5) is 4.39 Å². The van der Waals surface area contributed by atoms with Crippen LogP contribution in [0.25, 0.3) is 0 Å². The summed E-state index contributed by atoms with van der Waals surface area (Å²) in [5, 5.41) is 2.97. The Balaban J connectivity index is 2.06. The predicted molar refractivity (Wildman–Crippen MR) is 97.2 cm³/mol. The van der Waals surface area contributed by atoms with Crippen LogP contribution < -0.4 is 19.5 Å². The van der Waals surface area contributed by atoms with Gasteiger partial charge in [-0.05, 0) is 55.3 Å². The fourth-order valence-corrected chi connectivity index (χ4v) is 2.55. The predicted octanol–water partition coefficient (Wildman–Crippen LogP) is 3.88. The molecule has 6 heteroatoms. The zero-order valence-electron chi connectivity index (χ0n) is 15.4. The smallest absolute Gasteiger partial charge is 0.261 e. The van der Waals surface area contributed by atoms with Crippen LogP contribution in [0.5, 0.6) is 17.2 Å². The largest absolute Gasteiger partial charge is 0.493 e. The molecule has 0 saturated carbocycles. The Labute approximate surface area is 153 Å². The minimum Gasteiger partial charge on any atom is -0.493 e. The molecule has 1 N–H and O–H groups in total. The van der Waals surface area contributed by atoms with E-state index in [2.05, 4.69) is 5.32 Å². The lowest BCUT2D eigenvalue weighted by atomic mass is 10.0. The lowest BCUT2D eigenvalue weighted by Gasteiger charge is -2.22. The SMILES string of the molecule is CC[C@H](NC(=O)[C@@H](C)Oc1ccc(F)cc1)c1ccc(OC)c(OC)c1. The van der Waals surface area contributed by atoms with Crippen molar-refractivity contribution in [1.82, 2.24) is 5.32 Å². The van der Waals surface area contributed by atoms with E-state index in [1.54, 1.807) is 27.2 Å². The highest BCUT2D eigenvalue weighted by atomic mass is 19.1. The summed E-state index contributed by atoms with van der Waals surface area (Å²) in [5.41, 5.74) is 0.910. The number of nitrogens with one attached hydrogen (secondary N) is 1. The van der Waals surface area contributed by atoms with Gasteiger partial charge in [-0.1, -0.05) is 13.0 Å². The van der Waals surface area contributed by atoms with Gasteiger partial charge in [0.2, 0.25) is 0 Å². The third kappa shape index (κ3) is 4.88. The molecule has 0 bridgehead atoms. The molecular weight excluding hydrogens is 337 g/mol. The summed E-state index contributed by atoms with van der Waals surface area (Å²) in [4.78, 5) is 12.5. The molecule has 5 nitrogen and oxygen atoms in total. The molecular formula is C20H24FNO4. The van der Waals surface area contributed by atoms with Crippen molar-refractivity contribution in [1.29, 1.82) is 0 Å². The van der Waals surface area contributed by atoms with Crippen molar-refractivity contribution < 1.29 is 23.4 Å². The van der Waals surface area contributed by atoms with Gasteiger partial charge >= 0.3 is 0 Å². The van der Waals surface area contributed by atoms with E-state index in [-0.39, 0.29) is 17.8 Å². The highest BCUT2D eigenvalue weighted by molar-refractivity contribution is 5.81. The molecule has 0 fully saturated rings. The van der Waals surface area contributed by atoms with E-state index >= 15 is 0 Å². The normalized spacial score (nSPS) is 12.8. The summed E-state index contributed by atoms with van der Waals surface area (Å²) >= 11 is 0. The quantitative estimate of drug-likeness (QED) is 0.775. The molecule has 2 rings (SSSR count). The van der Waals surface area contributed by atoms with Crippen molar-refractivity contribution in [2.45, 2.75) is 32.4 Å². The Hall–Kier alpha value is -2.76. The monoisotopic (exact) mass is 361 g/mol. The van der Waals surface area contributed by atoms with Gasteiger partial charge in [0.05, 0.1) is 20.3 Å². The van der Waals surface area contributed by atoms with Crippen LogP contribution in [0.15, 0.2) is 42.5 Å². The first-order valence-electron chi connectivity index (χ1n) is 8.43. The second kappa shape index (κ2) is 9.08. The van der Waals surface area contributed by atoms with Crippen molar-refractivity contribution in [2.24, 2.45) is 0 Å². The second-order valence-electron chi connectivity index (χ2n) is 5.80. The molecule has 0 heterocycles. The maximum Gasteiger partial charge on any atom is 0.261 e. The second-order valence-corrected chi connectivity index (χ2v) is 5.80. The van der Waals surface area contributed by atoms with Gasteiger partial charge in [0, 0.05) is 0 Å². The summed E-state index contributed by atoms with van der Waals surface area (Å²) in [6, 6.07) is 10.9. The van der Waals surface area contributed by atoms with Crippen LogP contribution in [-0.4, -0.2) is 26.2 Å². The molecule has 0 aliphatic heterocycles. The van der Waals surface area contributed by atoms with Crippen LogP contribution >= 0.6 is 0 Å². The van der Waals surface area contributed by atoms with Crippen molar-refractivity contribution >= 4 is 5.91 Å². The van der Waals surface area contributed by atoms with Gasteiger partial charge in [-0.2, -0.15) is 0 Å². The molecule has 0 spiro atoms. The number of ether oxygens (including phenoxy) is 3. The van der Waals surface area contributed by atoms with Crippen molar-refractivity contribution in [3.8, 4) is 17.2 Å². The summed E-state index contributed by atoms with van der Waals surface area (Å²) in [5.74, 6) is 1.07. The maximum absolute atomic E-state index is 13.0. The Morgan fingerprint density at radius 2 is 1.73 bits per heavy atom. The van der Waals surface area contributed by atoms with E-state index in [1.165, 1.54) is 24.3 Å². The molecule has 0 aliphatic carbocycles. The summed E-state index contributed by atoms with van der Waals surface area (Å²) in [6.07, 6.45) is -0.0144. The van der Waals surface area contributed by atoms with Gasteiger partial charge in [-0.3, -0.25) is 4.79 Å². The van der Waals surface area contributed by atoms with Crippen LogP contribution in [0, 0.1) is 5.82 Å². The van der Waals surface area contributed by atoms with E-state index in [0.717, 1.165) is 5.56 Å². The van der Waals surface area contributed by atoms with E-state index in [0.29, 0.717) is 23.7 Å². The molecule has 1 amide bonds. The fraction of sp³-hybridized carbons (Fsp3) is 0.350. The minimum atomic E-state index is -0.713. The summed E-state index contributed by atoms with van der Waals surface area (Å²) in [7, 11) is 3.14. The van der Waals surface area contributed by atoms with Crippen LogP contribution in [0.2, 0.25) is 0 Å². The molecule has 2 aromatic carbocycles. The average molecular weight is 361 g/mol. The number of hydrogen-bond donors (Lipinski definition) is 1. The topological polar surface area (TPSA) is 56.8 Å². The number of rotatable bonds is 8. The van der Waals surface area contributed by atoms with Gasteiger partial charge < -0.3 is 19.5 Å². The standard InChI is InChI=1S/C20H24FNO4/c1-5-17(14-6-11-18(24-3)19(12-14)25-4)22-20(23)13(2)26-16-9-7-15(21)8-10-16/h6-13,17H,5H2,1-4H3,(H,22,23)/t13-,17+/m1/s1. The Kier molecular flexibility index (Phi) is 6.83.